The Hall–Kier alpha value is -5.43. The van der Waals surface area contributed by atoms with Gasteiger partial charge in [-0.3, -0.25) is 33.6 Å². The molecule has 0 amide bonds. The topological polar surface area (TPSA) is 119 Å². The van der Waals surface area contributed by atoms with E-state index in [1.54, 1.807) is 74.5 Å². The van der Waals surface area contributed by atoms with Gasteiger partial charge >= 0.3 is 0 Å². The monoisotopic (exact) mass is 582 g/mol. The maximum absolute atomic E-state index is 13.5. The number of carbonyl (C=O) groups excluding carboxylic acids is 7. The SMILES string of the molecule is CC(C(=O)C1C(=O)c2ccc(C(=O)c3ccc4c(c3)C(=O)C(C(=O)C(C)c3ccccc3)C4=O)cc2C1=O)c1ccccc1. The molecular weight excluding hydrogens is 556 g/mol. The Kier molecular flexibility index (Phi) is 7.17. The molecule has 216 valence electrons. The number of hydrogen-bond donors (Lipinski definition) is 0. The third kappa shape index (κ3) is 4.57. The van der Waals surface area contributed by atoms with Crippen molar-refractivity contribution < 1.29 is 33.6 Å². The van der Waals surface area contributed by atoms with E-state index in [0.717, 1.165) is 0 Å². The first-order chi connectivity index (χ1) is 21.1. The van der Waals surface area contributed by atoms with Gasteiger partial charge in [0.05, 0.1) is 0 Å². The lowest BCUT2D eigenvalue weighted by atomic mass is 9.86. The molecule has 0 bridgehead atoms. The molecule has 4 aromatic carbocycles. The molecule has 7 heteroatoms. The Morgan fingerprint density at radius 1 is 0.477 bits per heavy atom. The van der Waals surface area contributed by atoms with E-state index in [9.17, 15) is 33.6 Å². The Balaban J connectivity index is 1.25. The lowest BCUT2D eigenvalue weighted by Crippen LogP contribution is -2.29. The molecule has 0 saturated heterocycles. The van der Waals surface area contributed by atoms with Crippen molar-refractivity contribution in [3.05, 3.63) is 142 Å². The van der Waals surface area contributed by atoms with Crippen LogP contribution in [0.15, 0.2) is 97.1 Å². The zero-order valence-electron chi connectivity index (χ0n) is 23.9. The van der Waals surface area contributed by atoms with E-state index < -0.39 is 64.2 Å². The molecular formula is C37H26O7. The minimum absolute atomic E-state index is 0.00700. The molecule has 44 heavy (non-hydrogen) atoms. The number of benzene rings is 4. The van der Waals surface area contributed by atoms with Crippen molar-refractivity contribution >= 4 is 40.5 Å². The largest absolute Gasteiger partial charge is 0.298 e. The van der Waals surface area contributed by atoms with Crippen molar-refractivity contribution in [3.8, 4) is 0 Å². The molecule has 0 spiro atoms. The maximum atomic E-state index is 13.5. The number of hydrogen-bond acceptors (Lipinski definition) is 7. The molecule has 0 aromatic heterocycles. The van der Waals surface area contributed by atoms with Gasteiger partial charge in [0.1, 0.15) is 11.8 Å². The van der Waals surface area contributed by atoms with Crippen molar-refractivity contribution in [2.45, 2.75) is 25.7 Å². The van der Waals surface area contributed by atoms with Crippen LogP contribution in [0.1, 0.15) is 94.2 Å². The van der Waals surface area contributed by atoms with E-state index in [-0.39, 0.29) is 33.4 Å². The molecule has 0 saturated carbocycles. The smallest absolute Gasteiger partial charge is 0.193 e. The van der Waals surface area contributed by atoms with Crippen LogP contribution in [0.3, 0.4) is 0 Å². The lowest BCUT2D eigenvalue weighted by molar-refractivity contribution is -0.122. The summed E-state index contributed by atoms with van der Waals surface area (Å²) in [5.74, 6) is -8.40. The summed E-state index contributed by atoms with van der Waals surface area (Å²) in [5, 5.41) is 0. The maximum Gasteiger partial charge on any atom is 0.193 e. The number of carbonyl (C=O) groups is 7. The molecule has 0 fully saturated rings. The van der Waals surface area contributed by atoms with Crippen LogP contribution < -0.4 is 0 Å². The highest BCUT2D eigenvalue weighted by Crippen LogP contribution is 2.35. The fraction of sp³-hybridized carbons (Fsp3) is 0.162. The van der Waals surface area contributed by atoms with E-state index in [1.165, 1.54) is 36.4 Å². The van der Waals surface area contributed by atoms with Crippen LogP contribution in [-0.2, 0) is 9.59 Å². The first-order valence-electron chi connectivity index (χ1n) is 14.3. The minimum atomic E-state index is -1.48. The van der Waals surface area contributed by atoms with Crippen LogP contribution in [-0.4, -0.2) is 40.5 Å². The summed E-state index contributed by atoms with van der Waals surface area (Å²) < 4.78 is 0. The molecule has 0 aliphatic heterocycles. The quantitative estimate of drug-likeness (QED) is 0.194. The van der Waals surface area contributed by atoms with Crippen LogP contribution in [0.2, 0.25) is 0 Å². The zero-order chi connectivity index (χ0) is 31.3. The minimum Gasteiger partial charge on any atom is -0.298 e. The third-order valence-electron chi connectivity index (χ3n) is 8.70. The van der Waals surface area contributed by atoms with Crippen molar-refractivity contribution in [2.24, 2.45) is 11.8 Å². The average Bonchev–Trinajstić information content (AvgIpc) is 3.46. The van der Waals surface area contributed by atoms with Gasteiger partial charge in [-0.15, -0.1) is 0 Å². The summed E-state index contributed by atoms with van der Waals surface area (Å²) in [6.45, 7) is 3.30. The van der Waals surface area contributed by atoms with Gasteiger partial charge in [0.2, 0.25) is 0 Å². The summed E-state index contributed by atoms with van der Waals surface area (Å²) in [6.07, 6.45) is 0. The highest BCUT2D eigenvalue weighted by molar-refractivity contribution is 6.37. The van der Waals surface area contributed by atoms with Gasteiger partial charge in [0.15, 0.2) is 40.5 Å². The molecule has 4 unspecified atom stereocenters. The molecule has 0 radical (unpaired) electrons. The summed E-state index contributed by atoms with van der Waals surface area (Å²) in [6, 6.07) is 25.9. The fourth-order valence-corrected chi connectivity index (χ4v) is 6.06. The Bertz CT molecular complexity index is 1780. The van der Waals surface area contributed by atoms with Gasteiger partial charge in [-0.2, -0.15) is 0 Å². The van der Waals surface area contributed by atoms with Crippen molar-refractivity contribution in [3.63, 3.8) is 0 Å². The van der Waals surface area contributed by atoms with Crippen molar-refractivity contribution in [2.75, 3.05) is 0 Å². The first kappa shape index (κ1) is 28.7. The number of Topliss-reactive ketones (excluding diaryl/α,β-unsaturated/α-hetero) is 6. The molecule has 4 atom stereocenters. The molecule has 7 nitrogen and oxygen atoms in total. The van der Waals surface area contributed by atoms with Crippen LogP contribution >= 0.6 is 0 Å². The van der Waals surface area contributed by atoms with E-state index in [2.05, 4.69) is 0 Å². The first-order valence-corrected chi connectivity index (χ1v) is 14.3. The number of fused-ring (bicyclic) bond motifs is 2. The van der Waals surface area contributed by atoms with Gasteiger partial charge in [-0.05, 0) is 35.4 Å². The Morgan fingerprint density at radius 2 is 0.818 bits per heavy atom. The van der Waals surface area contributed by atoms with Gasteiger partial charge in [-0.1, -0.05) is 86.6 Å². The standard InChI is InChI=1S/C37H26O7/c1-19(21-9-5-3-6-10-21)31(38)29-34(41)25-15-13-23(17-27(25)36(29)43)33(40)24-14-16-26-28(18-24)37(44)30(35(26)42)32(39)20(2)22-11-7-4-8-12-22/h3-20,29-30H,1-2H3. The van der Waals surface area contributed by atoms with Crippen LogP contribution in [0.4, 0.5) is 0 Å². The van der Waals surface area contributed by atoms with E-state index >= 15 is 0 Å². The van der Waals surface area contributed by atoms with Gasteiger partial charge in [0, 0.05) is 45.2 Å². The fourth-order valence-electron chi connectivity index (χ4n) is 6.06. The number of ketones is 7. The average molecular weight is 583 g/mol. The lowest BCUT2D eigenvalue weighted by Gasteiger charge is -2.14. The van der Waals surface area contributed by atoms with E-state index in [1.807, 2.05) is 0 Å². The molecule has 0 N–H and O–H groups in total. The second-order valence-electron chi connectivity index (χ2n) is 11.2. The summed E-state index contributed by atoms with van der Waals surface area (Å²) >= 11 is 0. The predicted octanol–water partition coefficient (Wildman–Crippen LogP) is 5.65. The Morgan fingerprint density at radius 3 is 1.18 bits per heavy atom. The third-order valence-corrected chi connectivity index (χ3v) is 8.70. The van der Waals surface area contributed by atoms with Gasteiger partial charge < -0.3 is 0 Å². The van der Waals surface area contributed by atoms with Crippen LogP contribution in [0.5, 0.6) is 0 Å². The van der Waals surface area contributed by atoms with E-state index in [0.29, 0.717) is 11.1 Å². The predicted molar refractivity (Wildman–Crippen MR) is 160 cm³/mol. The molecule has 2 aliphatic rings. The van der Waals surface area contributed by atoms with Crippen molar-refractivity contribution in [1.29, 1.82) is 0 Å². The number of rotatable bonds is 8. The molecule has 6 rings (SSSR count). The summed E-state index contributed by atoms with van der Waals surface area (Å²) in [5.41, 5.74) is 1.68. The summed E-state index contributed by atoms with van der Waals surface area (Å²) in [4.78, 5) is 92.9. The van der Waals surface area contributed by atoms with Gasteiger partial charge in [0.25, 0.3) is 0 Å². The molecule has 0 heterocycles. The second-order valence-corrected chi connectivity index (χ2v) is 11.2. The van der Waals surface area contributed by atoms with E-state index in [4.69, 9.17) is 0 Å². The Labute approximate surface area is 252 Å². The van der Waals surface area contributed by atoms with Gasteiger partial charge in [-0.25, -0.2) is 0 Å². The second kappa shape index (κ2) is 11.0. The molecule has 2 aliphatic carbocycles. The van der Waals surface area contributed by atoms with Crippen molar-refractivity contribution in [1.82, 2.24) is 0 Å². The zero-order valence-corrected chi connectivity index (χ0v) is 23.9. The van der Waals surface area contributed by atoms with Crippen LogP contribution in [0, 0.1) is 11.8 Å². The normalized spacial score (nSPS) is 18.5. The molecule has 4 aromatic rings. The highest BCUT2D eigenvalue weighted by atomic mass is 16.2. The highest BCUT2D eigenvalue weighted by Gasteiger charge is 2.46. The summed E-state index contributed by atoms with van der Waals surface area (Å²) in [7, 11) is 0. The van der Waals surface area contributed by atoms with Crippen LogP contribution in [0.25, 0.3) is 0 Å².